The molecule has 5 rings (SSSR count). The molecule has 0 spiro atoms. The molecule has 6 nitrogen and oxygen atoms in total. The van der Waals surface area contributed by atoms with E-state index in [1.165, 1.54) is 16.8 Å². The maximum Gasteiger partial charge on any atom is 0.260 e. The van der Waals surface area contributed by atoms with Gasteiger partial charge in [0, 0.05) is 18.5 Å². The van der Waals surface area contributed by atoms with Crippen LogP contribution in [0.15, 0.2) is 77.9 Å². The van der Waals surface area contributed by atoms with Crippen LogP contribution >= 0.6 is 0 Å². The number of aromatic amines is 1. The van der Waals surface area contributed by atoms with Gasteiger partial charge in [0.2, 0.25) is 5.95 Å². The van der Waals surface area contributed by atoms with Gasteiger partial charge in [0.25, 0.3) is 5.56 Å². The Kier molecular flexibility index (Phi) is 3.65. The van der Waals surface area contributed by atoms with Crippen LogP contribution in [-0.4, -0.2) is 19.7 Å². The lowest BCUT2D eigenvalue weighted by Gasteiger charge is -2.09. The van der Waals surface area contributed by atoms with E-state index < -0.39 is 11.4 Å². The van der Waals surface area contributed by atoms with Gasteiger partial charge in [0.05, 0.1) is 10.9 Å². The highest BCUT2D eigenvalue weighted by Crippen LogP contribution is 2.29. The zero-order valence-corrected chi connectivity index (χ0v) is 14.5. The van der Waals surface area contributed by atoms with Gasteiger partial charge in [-0.1, -0.05) is 30.3 Å². The summed E-state index contributed by atoms with van der Waals surface area (Å²) < 4.78 is 21.7. The second-order valence-corrected chi connectivity index (χ2v) is 6.25. The molecule has 5 aromatic rings. The Morgan fingerprint density at radius 3 is 2.68 bits per heavy atom. The van der Waals surface area contributed by atoms with E-state index in [-0.39, 0.29) is 22.6 Å². The Hall–Kier alpha value is -4.00. The summed E-state index contributed by atoms with van der Waals surface area (Å²) in [4.78, 5) is 19.4. The molecule has 0 radical (unpaired) electrons. The Balaban J connectivity index is 1.58. The van der Waals surface area contributed by atoms with Gasteiger partial charge in [0.15, 0.2) is 11.6 Å². The van der Waals surface area contributed by atoms with Gasteiger partial charge < -0.3 is 4.74 Å². The molecule has 7 heteroatoms. The van der Waals surface area contributed by atoms with Crippen molar-refractivity contribution in [3.8, 4) is 17.4 Å². The van der Waals surface area contributed by atoms with Gasteiger partial charge in [-0.3, -0.25) is 9.78 Å². The highest BCUT2D eigenvalue weighted by atomic mass is 19.1. The molecule has 0 amide bonds. The summed E-state index contributed by atoms with van der Waals surface area (Å²) in [6, 6.07) is 17.5. The normalized spacial score (nSPS) is 11.2. The number of hydrogen-bond donors (Lipinski definition) is 1. The Morgan fingerprint density at radius 1 is 1.00 bits per heavy atom. The fraction of sp³-hybridized carbons (Fsp3) is 0. The number of rotatable bonds is 3. The van der Waals surface area contributed by atoms with E-state index in [0.29, 0.717) is 5.75 Å². The van der Waals surface area contributed by atoms with Crippen molar-refractivity contribution < 1.29 is 9.13 Å². The largest absolute Gasteiger partial charge is 0.454 e. The molecule has 0 aliphatic heterocycles. The maximum absolute atomic E-state index is 14.6. The van der Waals surface area contributed by atoms with Crippen LogP contribution in [0, 0.1) is 5.82 Å². The first-order valence-electron chi connectivity index (χ1n) is 8.58. The molecule has 0 aliphatic carbocycles. The van der Waals surface area contributed by atoms with Crippen molar-refractivity contribution in [3.05, 3.63) is 89.2 Å². The van der Waals surface area contributed by atoms with Crippen LogP contribution in [0.1, 0.15) is 0 Å². The zero-order valence-electron chi connectivity index (χ0n) is 14.5. The monoisotopic (exact) mass is 372 g/mol. The fourth-order valence-corrected chi connectivity index (χ4v) is 3.07. The van der Waals surface area contributed by atoms with Crippen molar-refractivity contribution in [2.24, 2.45) is 0 Å². The quantitative estimate of drug-likeness (QED) is 0.515. The third-order valence-corrected chi connectivity index (χ3v) is 4.42. The van der Waals surface area contributed by atoms with Gasteiger partial charge in [-0.15, -0.1) is 0 Å². The van der Waals surface area contributed by atoms with Crippen molar-refractivity contribution in [1.29, 1.82) is 0 Å². The number of fused-ring (bicyclic) bond motifs is 2. The Bertz CT molecular complexity index is 1380. The van der Waals surface area contributed by atoms with Crippen molar-refractivity contribution in [2.45, 2.75) is 0 Å². The molecule has 0 bridgehead atoms. The molecule has 0 saturated carbocycles. The molecule has 0 aliphatic rings. The minimum atomic E-state index is -0.606. The van der Waals surface area contributed by atoms with E-state index in [9.17, 15) is 9.18 Å². The number of H-pyrrole nitrogens is 1. The molecule has 0 saturated heterocycles. The predicted molar refractivity (Wildman–Crippen MR) is 103 cm³/mol. The summed E-state index contributed by atoms with van der Waals surface area (Å²) in [7, 11) is 0. The van der Waals surface area contributed by atoms with Crippen molar-refractivity contribution in [2.75, 3.05) is 0 Å². The Morgan fingerprint density at radius 2 is 1.86 bits per heavy atom. The smallest absolute Gasteiger partial charge is 0.260 e. The van der Waals surface area contributed by atoms with Crippen LogP contribution in [0.4, 0.5) is 4.39 Å². The lowest BCUT2D eigenvalue weighted by atomic mass is 10.1. The van der Waals surface area contributed by atoms with Crippen molar-refractivity contribution in [3.63, 3.8) is 0 Å². The summed E-state index contributed by atoms with van der Waals surface area (Å²) in [6.07, 6.45) is 3.20. The zero-order chi connectivity index (χ0) is 19.1. The molecule has 136 valence electrons. The number of hydrogen-bond acceptors (Lipinski definition) is 4. The SMILES string of the molecule is O=c1[nH]c(-n2cccn2)nc2cc(F)c(Oc3ccc4ccccc4c3)cc12. The molecule has 3 aromatic carbocycles. The van der Waals surface area contributed by atoms with Crippen molar-refractivity contribution >= 4 is 21.7 Å². The first kappa shape index (κ1) is 16.2. The molecule has 2 aromatic heterocycles. The number of ether oxygens (including phenoxy) is 1. The third-order valence-electron chi connectivity index (χ3n) is 4.42. The van der Waals surface area contributed by atoms with Crippen LogP contribution in [0.3, 0.4) is 0 Å². The minimum Gasteiger partial charge on any atom is -0.454 e. The summed E-state index contributed by atoms with van der Waals surface area (Å²) in [5, 5.41) is 6.28. The first-order chi connectivity index (χ1) is 13.7. The van der Waals surface area contributed by atoms with Gasteiger partial charge >= 0.3 is 0 Å². The number of aromatic nitrogens is 4. The molecule has 28 heavy (non-hydrogen) atoms. The first-order valence-corrected chi connectivity index (χ1v) is 8.58. The lowest BCUT2D eigenvalue weighted by Crippen LogP contribution is -2.14. The lowest BCUT2D eigenvalue weighted by molar-refractivity contribution is 0.444. The van der Waals surface area contributed by atoms with E-state index in [1.54, 1.807) is 24.5 Å². The molecular weight excluding hydrogens is 359 g/mol. The van der Waals surface area contributed by atoms with E-state index in [4.69, 9.17) is 4.74 Å². The van der Waals surface area contributed by atoms with E-state index in [0.717, 1.165) is 10.8 Å². The van der Waals surface area contributed by atoms with Crippen molar-refractivity contribution in [1.82, 2.24) is 19.7 Å². The summed E-state index contributed by atoms with van der Waals surface area (Å²) in [6.45, 7) is 0. The van der Waals surface area contributed by atoms with Gasteiger partial charge in [-0.25, -0.2) is 14.1 Å². The number of nitrogens with zero attached hydrogens (tertiary/aromatic N) is 3. The number of nitrogens with one attached hydrogen (secondary N) is 1. The Labute approximate surface area is 157 Å². The van der Waals surface area contributed by atoms with Crippen LogP contribution < -0.4 is 10.3 Å². The second kappa shape index (κ2) is 6.31. The number of halogens is 1. The average molecular weight is 372 g/mol. The highest BCUT2D eigenvalue weighted by molar-refractivity contribution is 5.84. The van der Waals surface area contributed by atoms with Crippen LogP contribution in [-0.2, 0) is 0 Å². The standard InChI is InChI=1S/C21H13FN4O2/c22-17-12-18-16(20(27)25-21(24-18)26-9-3-8-23-26)11-19(17)28-15-7-6-13-4-1-2-5-14(13)10-15/h1-12H,(H,24,25,27). The minimum absolute atomic E-state index is 0.0399. The molecule has 1 N–H and O–H groups in total. The van der Waals surface area contributed by atoms with Crippen LogP contribution in [0.25, 0.3) is 27.6 Å². The van der Waals surface area contributed by atoms with E-state index in [2.05, 4.69) is 15.1 Å². The second-order valence-electron chi connectivity index (χ2n) is 6.25. The number of benzene rings is 3. The molecule has 0 atom stereocenters. The summed E-state index contributed by atoms with van der Waals surface area (Å²) in [5.74, 6) is 0.0479. The molecule has 0 unspecified atom stereocenters. The van der Waals surface area contributed by atoms with Crippen LogP contribution in [0.5, 0.6) is 11.5 Å². The highest BCUT2D eigenvalue weighted by Gasteiger charge is 2.13. The van der Waals surface area contributed by atoms with Gasteiger partial charge in [-0.05, 0) is 35.0 Å². The summed E-state index contributed by atoms with van der Waals surface area (Å²) >= 11 is 0. The molecule has 0 fully saturated rings. The predicted octanol–water partition coefficient (Wildman–Crippen LogP) is 4.19. The third kappa shape index (κ3) is 2.79. The van der Waals surface area contributed by atoms with Gasteiger partial charge in [-0.2, -0.15) is 5.10 Å². The molecule has 2 heterocycles. The summed E-state index contributed by atoms with van der Waals surface area (Å²) in [5.41, 5.74) is -0.184. The fourth-order valence-electron chi connectivity index (χ4n) is 3.07. The van der Waals surface area contributed by atoms with E-state index >= 15 is 0 Å². The van der Waals surface area contributed by atoms with Crippen LogP contribution in [0.2, 0.25) is 0 Å². The van der Waals surface area contributed by atoms with Gasteiger partial charge in [0.1, 0.15) is 5.75 Å². The maximum atomic E-state index is 14.6. The topological polar surface area (TPSA) is 72.8 Å². The molecular formula is C21H13FN4O2. The van der Waals surface area contributed by atoms with E-state index in [1.807, 2.05) is 36.4 Å². The average Bonchev–Trinajstić information content (AvgIpc) is 3.24.